The number of nitrogens with zero attached hydrogens (tertiary/aromatic N) is 1. The van der Waals surface area contributed by atoms with Crippen LogP contribution in [0.4, 0.5) is 5.69 Å². The molecule has 0 atom stereocenters. The van der Waals surface area contributed by atoms with Gasteiger partial charge in [-0.1, -0.05) is 20.8 Å². The van der Waals surface area contributed by atoms with Crippen LogP contribution in [0.3, 0.4) is 0 Å². The number of non-ortho nitro benzene ring substituents is 1. The molecule has 0 radical (unpaired) electrons. The number of carboxylic acids is 1. The normalized spacial score (nSPS) is 12.1. The first-order valence-electron chi connectivity index (χ1n) is 5.94. The molecule has 0 heterocycles. The number of carbonyl (C=O) groups is 1. The molecule has 1 rings (SSSR count). The van der Waals surface area contributed by atoms with Crippen LogP contribution in [0.15, 0.2) is 24.3 Å². The number of hydrogen-bond acceptors (Lipinski definition) is 4. The number of methoxy groups -OCH3 is 1. The van der Waals surface area contributed by atoms with Crippen molar-refractivity contribution in [1.29, 1.82) is 0 Å². The van der Waals surface area contributed by atoms with Crippen LogP contribution < -0.4 is 4.74 Å². The molecule has 0 saturated carbocycles. The minimum absolute atomic E-state index is 0.110. The Bertz CT molecular complexity index is 569. The van der Waals surface area contributed by atoms with Crippen molar-refractivity contribution in [2.24, 2.45) is 5.41 Å². The van der Waals surface area contributed by atoms with E-state index in [-0.39, 0.29) is 5.69 Å². The monoisotopic (exact) mass is 279 g/mol. The van der Waals surface area contributed by atoms with Gasteiger partial charge in [-0.3, -0.25) is 10.1 Å². The first-order chi connectivity index (χ1) is 9.16. The fraction of sp³-hybridized carbons (Fsp3) is 0.357. The molecule has 0 fully saturated rings. The molecular weight excluding hydrogens is 262 g/mol. The zero-order valence-corrected chi connectivity index (χ0v) is 11.8. The SMILES string of the molecule is COc1ccc([N+](=O)[O-])cc1/C(=C/C(=O)O)C(C)(C)C. The first-order valence-corrected chi connectivity index (χ1v) is 5.94. The molecule has 0 bridgehead atoms. The predicted molar refractivity (Wildman–Crippen MR) is 74.7 cm³/mol. The lowest BCUT2D eigenvalue weighted by Gasteiger charge is -2.24. The van der Waals surface area contributed by atoms with Gasteiger partial charge in [-0.2, -0.15) is 0 Å². The lowest BCUT2D eigenvalue weighted by Crippen LogP contribution is -2.11. The van der Waals surface area contributed by atoms with Gasteiger partial charge in [0.1, 0.15) is 5.75 Å². The van der Waals surface area contributed by atoms with Crippen LogP contribution in [0.2, 0.25) is 0 Å². The first kappa shape index (κ1) is 15.7. The quantitative estimate of drug-likeness (QED) is 0.519. The van der Waals surface area contributed by atoms with Crippen LogP contribution in [0.25, 0.3) is 5.57 Å². The molecule has 1 N–H and O–H groups in total. The summed E-state index contributed by atoms with van der Waals surface area (Å²) in [6.45, 7) is 5.50. The average Bonchev–Trinajstić information content (AvgIpc) is 2.33. The van der Waals surface area contributed by atoms with E-state index in [1.165, 1.54) is 25.3 Å². The van der Waals surface area contributed by atoms with Gasteiger partial charge in [0.05, 0.1) is 12.0 Å². The summed E-state index contributed by atoms with van der Waals surface area (Å²) in [5.41, 5.74) is 0.268. The van der Waals surface area contributed by atoms with Gasteiger partial charge in [-0.25, -0.2) is 4.79 Å². The number of aliphatic carboxylic acids is 1. The highest BCUT2D eigenvalue weighted by molar-refractivity contribution is 5.92. The van der Waals surface area contributed by atoms with Crippen LogP contribution in [-0.4, -0.2) is 23.1 Å². The van der Waals surface area contributed by atoms with Crippen molar-refractivity contribution in [2.75, 3.05) is 7.11 Å². The van der Waals surface area contributed by atoms with Crippen molar-refractivity contribution >= 4 is 17.2 Å². The number of hydrogen-bond donors (Lipinski definition) is 1. The van der Waals surface area contributed by atoms with Crippen LogP contribution in [-0.2, 0) is 4.79 Å². The van der Waals surface area contributed by atoms with Crippen molar-refractivity contribution in [1.82, 2.24) is 0 Å². The Morgan fingerprint density at radius 1 is 1.40 bits per heavy atom. The van der Waals surface area contributed by atoms with E-state index < -0.39 is 16.3 Å². The molecule has 0 aliphatic rings. The summed E-state index contributed by atoms with van der Waals surface area (Å²) in [6, 6.07) is 4.12. The van der Waals surface area contributed by atoms with Crippen LogP contribution in [0, 0.1) is 15.5 Å². The van der Waals surface area contributed by atoms with E-state index in [9.17, 15) is 14.9 Å². The number of nitro benzene ring substituents is 1. The summed E-state index contributed by atoms with van der Waals surface area (Å²) >= 11 is 0. The van der Waals surface area contributed by atoms with Gasteiger partial charge in [0.2, 0.25) is 0 Å². The van der Waals surface area contributed by atoms with Gasteiger partial charge in [0, 0.05) is 23.8 Å². The molecule has 1 aromatic rings. The number of ether oxygens (including phenoxy) is 1. The number of nitro groups is 1. The molecule has 108 valence electrons. The molecular formula is C14H17NO5. The molecule has 0 aromatic heterocycles. The van der Waals surface area contributed by atoms with Crippen molar-refractivity contribution in [3.05, 3.63) is 40.0 Å². The Kier molecular flexibility index (Phi) is 4.49. The highest BCUT2D eigenvalue weighted by Gasteiger charge is 2.24. The molecule has 0 saturated heterocycles. The van der Waals surface area contributed by atoms with Crippen LogP contribution >= 0.6 is 0 Å². The van der Waals surface area contributed by atoms with Crippen molar-refractivity contribution in [3.8, 4) is 5.75 Å². The smallest absolute Gasteiger partial charge is 0.328 e. The van der Waals surface area contributed by atoms with E-state index in [4.69, 9.17) is 9.84 Å². The van der Waals surface area contributed by atoms with Gasteiger partial charge in [0.15, 0.2) is 0 Å². The van der Waals surface area contributed by atoms with E-state index in [2.05, 4.69) is 0 Å². The van der Waals surface area contributed by atoms with E-state index >= 15 is 0 Å². The third-order valence-electron chi connectivity index (χ3n) is 2.76. The minimum Gasteiger partial charge on any atom is -0.496 e. The van der Waals surface area contributed by atoms with E-state index in [1.807, 2.05) is 20.8 Å². The summed E-state index contributed by atoms with van der Waals surface area (Å²) < 4.78 is 5.18. The van der Waals surface area contributed by atoms with Crippen LogP contribution in [0.1, 0.15) is 26.3 Å². The van der Waals surface area contributed by atoms with Crippen molar-refractivity contribution < 1.29 is 19.6 Å². The molecule has 0 aliphatic heterocycles. The summed E-state index contributed by atoms with van der Waals surface area (Å²) in [5, 5.41) is 19.9. The predicted octanol–water partition coefficient (Wildman–Crippen LogP) is 3.12. The minimum atomic E-state index is -1.11. The highest BCUT2D eigenvalue weighted by atomic mass is 16.6. The lowest BCUT2D eigenvalue weighted by molar-refractivity contribution is -0.384. The zero-order chi connectivity index (χ0) is 15.5. The molecule has 0 unspecified atom stereocenters. The third-order valence-corrected chi connectivity index (χ3v) is 2.76. The number of rotatable bonds is 4. The maximum atomic E-state index is 11.0. The lowest BCUT2D eigenvalue weighted by atomic mass is 9.81. The Hall–Kier alpha value is -2.37. The Morgan fingerprint density at radius 3 is 2.40 bits per heavy atom. The van der Waals surface area contributed by atoms with Crippen molar-refractivity contribution in [3.63, 3.8) is 0 Å². The number of benzene rings is 1. The second kappa shape index (κ2) is 5.73. The Balaban J connectivity index is 3.57. The van der Waals surface area contributed by atoms with Gasteiger partial charge < -0.3 is 9.84 Å². The molecule has 0 spiro atoms. The topological polar surface area (TPSA) is 89.7 Å². The van der Waals surface area contributed by atoms with E-state index in [0.717, 1.165) is 6.08 Å². The molecule has 1 aromatic carbocycles. The van der Waals surface area contributed by atoms with Crippen LogP contribution in [0.5, 0.6) is 5.75 Å². The molecule has 0 amide bonds. The number of allylic oxidation sites excluding steroid dienone is 1. The Morgan fingerprint density at radius 2 is 2.00 bits per heavy atom. The molecule has 20 heavy (non-hydrogen) atoms. The van der Waals surface area contributed by atoms with E-state index in [0.29, 0.717) is 16.9 Å². The summed E-state index contributed by atoms with van der Waals surface area (Å²) in [5.74, 6) is -0.707. The second-order valence-corrected chi connectivity index (χ2v) is 5.29. The fourth-order valence-corrected chi connectivity index (χ4v) is 1.84. The van der Waals surface area contributed by atoms with E-state index in [1.54, 1.807) is 0 Å². The maximum absolute atomic E-state index is 11.0. The maximum Gasteiger partial charge on any atom is 0.328 e. The summed E-state index contributed by atoms with van der Waals surface area (Å²) in [6.07, 6.45) is 1.06. The van der Waals surface area contributed by atoms with Gasteiger partial charge in [-0.15, -0.1) is 0 Å². The average molecular weight is 279 g/mol. The molecule has 6 heteroatoms. The molecule has 0 aliphatic carbocycles. The van der Waals surface area contributed by atoms with Gasteiger partial charge in [-0.05, 0) is 17.1 Å². The second-order valence-electron chi connectivity index (χ2n) is 5.29. The largest absolute Gasteiger partial charge is 0.496 e. The standard InChI is InChI=1S/C14H17NO5/c1-14(2,3)11(8-13(16)17)10-7-9(15(18)19)5-6-12(10)20-4/h5-8H,1-4H3,(H,16,17)/b11-8-. The fourth-order valence-electron chi connectivity index (χ4n) is 1.84. The molecule has 6 nitrogen and oxygen atoms in total. The van der Waals surface area contributed by atoms with Gasteiger partial charge in [0.25, 0.3) is 5.69 Å². The number of carboxylic acid groups (broad SMARTS) is 1. The van der Waals surface area contributed by atoms with Crippen molar-refractivity contribution in [2.45, 2.75) is 20.8 Å². The summed E-state index contributed by atoms with van der Waals surface area (Å²) in [4.78, 5) is 21.3. The summed E-state index contributed by atoms with van der Waals surface area (Å²) in [7, 11) is 1.44. The zero-order valence-electron chi connectivity index (χ0n) is 11.8. The Labute approximate surface area is 116 Å². The van der Waals surface area contributed by atoms with Gasteiger partial charge >= 0.3 is 5.97 Å². The highest BCUT2D eigenvalue weighted by Crippen LogP contribution is 2.40. The third kappa shape index (κ3) is 3.57.